The standard InChI is InChI=1S/C21H15BrFN5O/c1-28-20-13(9-26-28)10(5-6-15(20)23)16-12-8-14(22)19-11(4-3-7-25-19)18(12)27-21(29-2)17(16)24/h3-9H,24H2,1-2H3. The lowest BCUT2D eigenvalue weighted by molar-refractivity contribution is 0.402. The van der Waals surface area contributed by atoms with Crippen LogP contribution in [0.3, 0.4) is 0 Å². The minimum Gasteiger partial charge on any atom is -0.479 e. The molecule has 5 rings (SSSR count). The molecule has 0 spiro atoms. The average molecular weight is 452 g/mol. The summed E-state index contributed by atoms with van der Waals surface area (Å²) >= 11 is 3.61. The van der Waals surface area contributed by atoms with Gasteiger partial charge in [-0.25, -0.2) is 9.37 Å². The number of methoxy groups -OCH3 is 1. The Labute approximate surface area is 173 Å². The molecule has 0 atom stereocenters. The van der Waals surface area contributed by atoms with Gasteiger partial charge < -0.3 is 10.5 Å². The second kappa shape index (κ2) is 6.38. The molecule has 0 aliphatic rings. The van der Waals surface area contributed by atoms with Gasteiger partial charge in [0, 0.05) is 39.4 Å². The molecule has 0 saturated carbocycles. The molecule has 144 valence electrons. The molecule has 0 bridgehead atoms. The number of rotatable bonds is 2. The summed E-state index contributed by atoms with van der Waals surface area (Å²) in [7, 11) is 3.23. The third-order valence-corrected chi connectivity index (χ3v) is 5.72. The zero-order valence-electron chi connectivity index (χ0n) is 15.6. The number of hydrogen-bond donors (Lipinski definition) is 1. The quantitative estimate of drug-likeness (QED) is 0.388. The highest BCUT2D eigenvalue weighted by Crippen LogP contribution is 2.44. The third kappa shape index (κ3) is 2.49. The summed E-state index contributed by atoms with van der Waals surface area (Å²) in [5.41, 5.74) is 10.2. The van der Waals surface area contributed by atoms with Crippen molar-refractivity contribution in [2.75, 3.05) is 12.8 Å². The molecule has 0 unspecified atom stereocenters. The number of nitrogens with zero attached hydrogens (tertiary/aromatic N) is 4. The summed E-state index contributed by atoms with van der Waals surface area (Å²) in [4.78, 5) is 9.10. The Balaban J connectivity index is 2.02. The van der Waals surface area contributed by atoms with Crippen LogP contribution in [0.1, 0.15) is 0 Å². The maximum absolute atomic E-state index is 14.5. The first-order chi connectivity index (χ1) is 14.0. The minimum absolute atomic E-state index is 0.307. The van der Waals surface area contributed by atoms with Crippen LogP contribution >= 0.6 is 15.9 Å². The average Bonchev–Trinajstić information content (AvgIpc) is 3.12. The van der Waals surface area contributed by atoms with Crippen LogP contribution in [0.4, 0.5) is 10.1 Å². The van der Waals surface area contributed by atoms with Gasteiger partial charge >= 0.3 is 0 Å². The molecular formula is C21H15BrFN5O. The van der Waals surface area contributed by atoms with Crippen LogP contribution in [0, 0.1) is 5.82 Å². The van der Waals surface area contributed by atoms with Gasteiger partial charge in [-0.1, -0.05) is 6.07 Å². The topological polar surface area (TPSA) is 78.9 Å². The molecule has 0 aliphatic carbocycles. The van der Waals surface area contributed by atoms with Crippen molar-refractivity contribution in [3.63, 3.8) is 0 Å². The number of nitrogens with two attached hydrogens (primary N) is 1. The summed E-state index contributed by atoms with van der Waals surface area (Å²) < 4.78 is 22.3. The number of nitrogen functional groups attached to an aromatic ring is 1. The van der Waals surface area contributed by atoms with Gasteiger partial charge in [-0.15, -0.1) is 0 Å². The number of pyridine rings is 2. The monoisotopic (exact) mass is 451 g/mol. The van der Waals surface area contributed by atoms with Crippen molar-refractivity contribution in [1.82, 2.24) is 19.7 Å². The first-order valence-corrected chi connectivity index (χ1v) is 9.61. The zero-order valence-corrected chi connectivity index (χ0v) is 17.2. The molecule has 0 fully saturated rings. The van der Waals surface area contributed by atoms with Crippen molar-refractivity contribution < 1.29 is 9.13 Å². The van der Waals surface area contributed by atoms with E-state index >= 15 is 0 Å². The Kier molecular flexibility index (Phi) is 3.92. The fraction of sp³-hybridized carbons (Fsp3) is 0.0952. The predicted octanol–water partition coefficient (Wildman–Crippen LogP) is 4.83. The third-order valence-electron chi connectivity index (χ3n) is 5.11. The fourth-order valence-electron chi connectivity index (χ4n) is 3.83. The first kappa shape index (κ1) is 17.8. The lowest BCUT2D eigenvalue weighted by atomic mass is 9.95. The van der Waals surface area contributed by atoms with E-state index in [-0.39, 0.29) is 5.82 Å². The number of ether oxygens (including phenoxy) is 1. The van der Waals surface area contributed by atoms with E-state index in [0.29, 0.717) is 28.0 Å². The summed E-state index contributed by atoms with van der Waals surface area (Å²) in [6, 6.07) is 8.89. The molecule has 2 aromatic carbocycles. The molecule has 0 aliphatic heterocycles. The Hall–Kier alpha value is -3.26. The largest absolute Gasteiger partial charge is 0.479 e. The van der Waals surface area contributed by atoms with E-state index < -0.39 is 0 Å². The van der Waals surface area contributed by atoms with Crippen molar-refractivity contribution in [2.45, 2.75) is 0 Å². The number of benzene rings is 2. The van der Waals surface area contributed by atoms with Crippen molar-refractivity contribution in [2.24, 2.45) is 7.05 Å². The van der Waals surface area contributed by atoms with E-state index in [1.807, 2.05) is 18.2 Å². The van der Waals surface area contributed by atoms with E-state index in [1.165, 1.54) is 17.9 Å². The summed E-state index contributed by atoms with van der Waals surface area (Å²) in [5, 5.41) is 6.57. The molecular weight excluding hydrogens is 437 g/mol. The van der Waals surface area contributed by atoms with Gasteiger partial charge in [0.05, 0.1) is 24.3 Å². The molecule has 0 saturated heterocycles. The summed E-state index contributed by atoms with van der Waals surface area (Å²) in [6.45, 7) is 0. The maximum Gasteiger partial charge on any atom is 0.238 e. The lowest BCUT2D eigenvalue weighted by Gasteiger charge is -2.16. The van der Waals surface area contributed by atoms with Gasteiger partial charge in [-0.3, -0.25) is 9.67 Å². The van der Waals surface area contributed by atoms with Gasteiger partial charge in [-0.2, -0.15) is 5.10 Å². The van der Waals surface area contributed by atoms with Crippen molar-refractivity contribution in [1.29, 1.82) is 0 Å². The molecule has 5 aromatic rings. The molecule has 6 nitrogen and oxygen atoms in total. The Morgan fingerprint density at radius 2 is 1.97 bits per heavy atom. The van der Waals surface area contributed by atoms with Crippen LogP contribution in [-0.4, -0.2) is 26.9 Å². The van der Waals surface area contributed by atoms with Gasteiger partial charge in [0.25, 0.3) is 0 Å². The van der Waals surface area contributed by atoms with Gasteiger partial charge in [0.15, 0.2) is 0 Å². The van der Waals surface area contributed by atoms with Crippen molar-refractivity contribution >= 4 is 54.3 Å². The van der Waals surface area contributed by atoms with Gasteiger partial charge in [0.2, 0.25) is 5.88 Å². The van der Waals surface area contributed by atoms with Crippen LogP contribution in [0.2, 0.25) is 0 Å². The number of aryl methyl sites for hydroxylation is 1. The fourth-order valence-corrected chi connectivity index (χ4v) is 4.37. The summed E-state index contributed by atoms with van der Waals surface area (Å²) in [6.07, 6.45) is 3.37. The zero-order chi connectivity index (χ0) is 20.3. The van der Waals surface area contributed by atoms with Crippen LogP contribution in [0.15, 0.2) is 47.2 Å². The van der Waals surface area contributed by atoms with Gasteiger partial charge in [-0.05, 0) is 45.8 Å². The van der Waals surface area contributed by atoms with E-state index in [0.717, 1.165) is 31.9 Å². The molecule has 0 radical (unpaired) electrons. The Morgan fingerprint density at radius 3 is 2.76 bits per heavy atom. The first-order valence-electron chi connectivity index (χ1n) is 8.82. The highest BCUT2D eigenvalue weighted by atomic mass is 79.9. The van der Waals surface area contributed by atoms with E-state index in [4.69, 9.17) is 10.5 Å². The number of hydrogen-bond acceptors (Lipinski definition) is 5. The minimum atomic E-state index is -0.344. The molecule has 0 amide bonds. The molecule has 2 N–H and O–H groups in total. The second-order valence-corrected chi connectivity index (χ2v) is 7.54. The van der Waals surface area contributed by atoms with Crippen molar-refractivity contribution in [3.8, 4) is 17.0 Å². The molecule has 29 heavy (non-hydrogen) atoms. The number of fused-ring (bicyclic) bond motifs is 4. The Bertz CT molecular complexity index is 1450. The van der Waals surface area contributed by atoms with Crippen LogP contribution in [0.5, 0.6) is 5.88 Å². The van der Waals surface area contributed by atoms with Crippen LogP contribution in [0.25, 0.3) is 43.8 Å². The normalized spacial score (nSPS) is 11.6. The van der Waals surface area contributed by atoms with Crippen molar-refractivity contribution in [3.05, 3.63) is 53.0 Å². The SMILES string of the molecule is COc1nc2c(cc(Br)c3ncccc32)c(-c2ccc(F)c3c2cnn3C)c1N. The van der Waals surface area contributed by atoms with E-state index in [1.54, 1.807) is 25.5 Å². The lowest BCUT2D eigenvalue weighted by Crippen LogP contribution is -2.01. The van der Waals surface area contributed by atoms with Gasteiger partial charge in [0.1, 0.15) is 17.0 Å². The number of halogens is 2. The second-order valence-electron chi connectivity index (χ2n) is 6.69. The molecule has 8 heteroatoms. The van der Waals surface area contributed by atoms with E-state index in [9.17, 15) is 4.39 Å². The van der Waals surface area contributed by atoms with Crippen LogP contribution in [-0.2, 0) is 7.05 Å². The molecule has 3 heterocycles. The summed E-state index contributed by atoms with van der Waals surface area (Å²) in [5.74, 6) is -0.0372. The number of anilines is 1. The number of aromatic nitrogens is 4. The predicted molar refractivity (Wildman–Crippen MR) is 115 cm³/mol. The maximum atomic E-state index is 14.5. The van der Waals surface area contributed by atoms with Crippen LogP contribution < -0.4 is 10.5 Å². The molecule has 3 aromatic heterocycles. The van der Waals surface area contributed by atoms with E-state index in [2.05, 4.69) is 31.0 Å². The Morgan fingerprint density at radius 1 is 1.14 bits per heavy atom. The smallest absolute Gasteiger partial charge is 0.238 e. The highest BCUT2D eigenvalue weighted by Gasteiger charge is 2.21. The highest BCUT2D eigenvalue weighted by molar-refractivity contribution is 9.10.